The second-order valence-corrected chi connectivity index (χ2v) is 10.4. The maximum Gasteiger partial charge on any atom is 0.0717 e. The molecule has 0 radical (unpaired) electrons. The van der Waals surface area contributed by atoms with Crippen LogP contribution in [0.4, 0.5) is 0 Å². The Hall–Kier alpha value is -5.61. The average molecular weight is 557 g/mol. The standard InChI is InChI=1S/C39H32N4/c1-28-7-2-3-12-36(28)38-23-32(34-18-20-39(43-27-34)35-11-6-22-42-26-35)17-19-37(38)31-15-13-30(14-16-31)33(24-40)10-4-8-29-9-5-21-41-25-29/h2-7,9-27H,8,40H2,1H3/b10-4-,33-24+. The largest absolute Gasteiger partial charge is 0.404 e. The lowest BCUT2D eigenvalue weighted by Crippen LogP contribution is -1.92. The SMILES string of the molecule is Cc1ccccc1-c1cc(-c2ccc(-c3cccnc3)nc2)ccc1-c1ccc(C(/C=C\Cc2cccnc2)=C/N)cc1. The van der Waals surface area contributed by atoms with Crippen LogP contribution < -0.4 is 5.73 Å². The average Bonchev–Trinajstić information content (AvgIpc) is 3.08. The lowest BCUT2D eigenvalue weighted by atomic mass is 9.89. The fourth-order valence-corrected chi connectivity index (χ4v) is 5.25. The van der Waals surface area contributed by atoms with Crippen molar-refractivity contribution in [2.45, 2.75) is 13.3 Å². The van der Waals surface area contributed by atoms with E-state index in [4.69, 9.17) is 10.7 Å². The van der Waals surface area contributed by atoms with Gasteiger partial charge < -0.3 is 5.73 Å². The van der Waals surface area contributed by atoms with Crippen molar-refractivity contribution >= 4 is 5.57 Å². The molecule has 3 heterocycles. The lowest BCUT2D eigenvalue weighted by molar-refractivity contribution is 1.19. The van der Waals surface area contributed by atoms with Gasteiger partial charge in [0.1, 0.15) is 0 Å². The molecule has 0 amide bonds. The second kappa shape index (κ2) is 12.9. The molecule has 3 aromatic heterocycles. The van der Waals surface area contributed by atoms with Crippen LogP contribution in [0.25, 0.3) is 50.2 Å². The quantitative estimate of drug-likeness (QED) is 0.190. The van der Waals surface area contributed by atoms with E-state index in [9.17, 15) is 0 Å². The highest BCUT2D eigenvalue weighted by Gasteiger charge is 2.13. The van der Waals surface area contributed by atoms with Crippen molar-refractivity contribution in [3.8, 4) is 44.6 Å². The molecule has 6 aromatic rings. The Morgan fingerprint density at radius 2 is 1.42 bits per heavy atom. The molecule has 0 aliphatic carbocycles. The molecule has 0 atom stereocenters. The fraction of sp³-hybridized carbons (Fsp3) is 0.0513. The third kappa shape index (κ3) is 6.34. The summed E-state index contributed by atoms with van der Waals surface area (Å²) in [6.45, 7) is 2.16. The van der Waals surface area contributed by atoms with E-state index in [1.807, 2.05) is 36.8 Å². The molecule has 0 fully saturated rings. The molecule has 4 nitrogen and oxygen atoms in total. The number of hydrogen-bond donors (Lipinski definition) is 1. The van der Waals surface area contributed by atoms with Gasteiger partial charge in [0.15, 0.2) is 0 Å². The number of nitrogens with two attached hydrogens (primary N) is 1. The van der Waals surface area contributed by atoms with Gasteiger partial charge in [0.25, 0.3) is 0 Å². The Kier molecular flexibility index (Phi) is 8.28. The van der Waals surface area contributed by atoms with E-state index in [2.05, 4.69) is 114 Å². The van der Waals surface area contributed by atoms with Gasteiger partial charge in [-0.05, 0) is 93.8 Å². The van der Waals surface area contributed by atoms with Crippen LogP contribution in [0.3, 0.4) is 0 Å². The first kappa shape index (κ1) is 27.6. The van der Waals surface area contributed by atoms with Crippen LogP contribution in [0.1, 0.15) is 16.7 Å². The zero-order chi connectivity index (χ0) is 29.4. The van der Waals surface area contributed by atoms with E-state index in [1.165, 1.54) is 22.3 Å². The fourth-order valence-electron chi connectivity index (χ4n) is 5.25. The van der Waals surface area contributed by atoms with Crippen LogP contribution in [0.2, 0.25) is 0 Å². The summed E-state index contributed by atoms with van der Waals surface area (Å²) in [7, 11) is 0. The van der Waals surface area contributed by atoms with Gasteiger partial charge in [0, 0.05) is 48.3 Å². The zero-order valence-electron chi connectivity index (χ0n) is 24.1. The third-order valence-electron chi connectivity index (χ3n) is 7.59. The summed E-state index contributed by atoms with van der Waals surface area (Å²) in [6, 6.07) is 36.0. The highest BCUT2D eigenvalue weighted by Crippen LogP contribution is 2.37. The predicted molar refractivity (Wildman–Crippen MR) is 178 cm³/mol. The molecule has 0 aliphatic heterocycles. The predicted octanol–water partition coefficient (Wildman–Crippen LogP) is 8.95. The first-order valence-corrected chi connectivity index (χ1v) is 14.3. The highest BCUT2D eigenvalue weighted by atomic mass is 14.7. The highest BCUT2D eigenvalue weighted by molar-refractivity contribution is 5.89. The van der Waals surface area contributed by atoms with Gasteiger partial charge in [-0.1, -0.05) is 84.9 Å². The number of nitrogens with zero attached hydrogens (tertiary/aromatic N) is 3. The number of allylic oxidation sites excluding steroid dienone is 3. The molecule has 0 spiro atoms. The molecule has 0 unspecified atom stereocenters. The van der Waals surface area contributed by atoms with Crippen LogP contribution in [0.5, 0.6) is 0 Å². The number of aromatic nitrogens is 3. The van der Waals surface area contributed by atoms with E-state index >= 15 is 0 Å². The monoisotopic (exact) mass is 556 g/mol. The Morgan fingerprint density at radius 3 is 2.12 bits per heavy atom. The number of rotatable bonds is 8. The van der Waals surface area contributed by atoms with Crippen LogP contribution in [0, 0.1) is 6.92 Å². The minimum Gasteiger partial charge on any atom is -0.404 e. The van der Waals surface area contributed by atoms with Crippen LogP contribution >= 0.6 is 0 Å². The molecule has 3 aromatic carbocycles. The van der Waals surface area contributed by atoms with E-state index in [-0.39, 0.29) is 0 Å². The van der Waals surface area contributed by atoms with Crippen molar-refractivity contribution in [1.82, 2.24) is 15.0 Å². The van der Waals surface area contributed by atoms with Crippen LogP contribution in [-0.4, -0.2) is 15.0 Å². The molecule has 6 rings (SSSR count). The summed E-state index contributed by atoms with van der Waals surface area (Å²) in [5.74, 6) is 0. The Bertz CT molecular complexity index is 1870. The van der Waals surface area contributed by atoms with Crippen molar-refractivity contribution < 1.29 is 0 Å². The summed E-state index contributed by atoms with van der Waals surface area (Å²) >= 11 is 0. The molecule has 0 saturated heterocycles. The first-order chi connectivity index (χ1) is 21.2. The Balaban J connectivity index is 1.31. The maximum absolute atomic E-state index is 6.03. The lowest BCUT2D eigenvalue weighted by Gasteiger charge is -2.15. The smallest absolute Gasteiger partial charge is 0.0717 e. The van der Waals surface area contributed by atoms with Gasteiger partial charge in [-0.2, -0.15) is 0 Å². The summed E-state index contributed by atoms with van der Waals surface area (Å²) in [4.78, 5) is 13.2. The van der Waals surface area contributed by atoms with Crippen molar-refractivity contribution in [2.75, 3.05) is 0 Å². The van der Waals surface area contributed by atoms with Crippen molar-refractivity contribution in [2.24, 2.45) is 5.73 Å². The molecule has 0 aliphatic rings. The molecule has 208 valence electrons. The number of pyridine rings is 3. The van der Waals surface area contributed by atoms with Crippen molar-refractivity contribution in [3.63, 3.8) is 0 Å². The van der Waals surface area contributed by atoms with Crippen molar-refractivity contribution in [3.05, 3.63) is 169 Å². The minimum absolute atomic E-state index is 0.803. The van der Waals surface area contributed by atoms with Crippen LogP contribution in [-0.2, 0) is 6.42 Å². The molecular formula is C39H32N4. The van der Waals surface area contributed by atoms with E-state index < -0.39 is 0 Å². The molecule has 2 N–H and O–H groups in total. The Labute approximate surface area is 253 Å². The number of benzene rings is 3. The van der Waals surface area contributed by atoms with E-state index in [1.54, 1.807) is 18.6 Å². The second-order valence-electron chi connectivity index (χ2n) is 10.4. The minimum atomic E-state index is 0.803. The summed E-state index contributed by atoms with van der Waals surface area (Å²) in [5.41, 5.74) is 19.3. The van der Waals surface area contributed by atoms with Crippen molar-refractivity contribution in [1.29, 1.82) is 0 Å². The van der Waals surface area contributed by atoms with Crippen LogP contribution in [0.15, 0.2) is 152 Å². The third-order valence-corrected chi connectivity index (χ3v) is 7.59. The zero-order valence-corrected chi connectivity index (χ0v) is 24.1. The normalized spacial score (nSPS) is 11.6. The van der Waals surface area contributed by atoms with Gasteiger partial charge >= 0.3 is 0 Å². The molecule has 43 heavy (non-hydrogen) atoms. The summed E-state index contributed by atoms with van der Waals surface area (Å²) < 4.78 is 0. The number of hydrogen-bond acceptors (Lipinski definition) is 4. The molecular weight excluding hydrogens is 524 g/mol. The van der Waals surface area contributed by atoms with E-state index in [0.29, 0.717) is 0 Å². The van der Waals surface area contributed by atoms with Gasteiger partial charge in [0.05, 0.1) is 5.69 Å². The maximum atomic E-state index is 6.03. The Morgan fingerprint density at radius 1 is 0.651 bits per heavy atom. The molecule has 0 bridgehead atoms. The summed E-state index contributed by atoms with van der Waals surface area (Å²) in [6.07, 6.45) is 15.9. The van der Waals surface area contributed by atoms with Gasteiger partial charge in [-0.3, -0.25) is 15.0 Å². The molecule has 0 saturated carbocycles. The first-order valence-electron chi connectivity index (χ1n) is 14.3. The van der Waals surface area contributed by atoms with Gasteiger partial charge in [-0.15, -0.1) is 0 Å². The molecule has 4 heteroatoms. The number of aryl methyl sites for hydroxylation is 1. The van der Waals surface area contributed by atoms with Gasteiger partial charge in [-0.25, -0.2) is 0 Å². The van der Waals surface area contributed by atoms with Gasteiger partial charge in [0.2, 0.25) is 0 Å². The van der Waals surface area contributed by atoms with E-state index in [0.717, 1.165) is 51.1 Å². The summed E-state index contributed by atoms with van der Waals surface area (Å²) in [5, 5.41) is 0. The topological polar surface area (TPSA) is 64.7 Å².